The lowest BCUT2D eigenvalue weighted by atomic mass is 9.68. The number of carboxylic acids is 1. The fourth-order valence-electron chi connectivity index (χ4n) is 5.54. The van der Waals surface area contributed by atoms with E-state index in [2.05, 4.69) is 5.32 Å². The summed E-state index contributed by atoms with van der Waals surface area (Å²) in [5, 5.41) is 32.9. The highest BCUT2D eigenvalue weighted by Gasteiger charge is 2.60. The van der Waals surface area contributed by atoms with Crippen LogP contribution in [-0.4, -0.2) is 56.8 Å². The van der Waals surface area contributed by atoms with Crippen LogP contribution in [0.15, 0.2) is 84.9 Å². The van der Waals surface area contributed by atoms with Crippen LogP contribution in [0.1, 0.15) is 44.2 Å². The van der Waals surface area contributed by atoms with Crippen molar-refractivity contribution in [1.82, 2.24) is 4.90 Å². The normalized spacial score (nSPS) is 18.3. The zero-order valence-corrected chi connectivity index (χ0v) is 23.5. The van der Waals surface area contributed by atoms with Crippen LogP contribution >= 0.6 is 0 Å². The summed E-state index contributed by atoms with van der Waals surface area (Å²) in [6.07, 6.45) is -2.76. The number of amides is 2. The number of nitrogens with one attached hydrogen (secondary N) is 1. The molecule has 4 N–H and O–H groups in total. The van der Waals surface area contributed by atoms with Gasteiger partial charge < -0.3 is 25.5 Å². The van der Waals surface area contributed by atoms with Crippen LogP contribution in [0, 0.1) is 17.2 Å². The number of anilines is 1. The van der Waals surface area contributed by atoms with E-state index in [0.717, 1.165) is 0 Å². The van der Waals surface area contributed by atoms with E-state index >= 15 is 0 Å². The monoisotopic (exact) mass is 574 g/mol. The van der Waals surface area contributed by atoms with Crippen LogP contribution in [0.2, 0.25) is 0 Å². The van der Waals surface area contributed by atoms with Crippen LogP contribution in [0.4, 0.5) is 10.1 Å². The number of carboxylic acid groups (broad SMARTS) is 1. The molecule has 0 radical (unpaired) electrons. The Hall–Kier alpha value is -4.34. The third-order valence-electron chi connectivity index (χ3n) is 7.56. The van der Waals surface area contributed by atoms with E-state index in [1.165, 1.54) is 29.2 Å². The SMILES string of the molecule is CC(C)C1(C(=O)Nc2ccccc2)C(=O)N(CC(O)CCC(O)CC(=O)O)C(c2ccc(F)cc2)=C1c1ccccc1. The van der Waals surface area contributed by atoms with E-state index in [4.69, 9.17) is 5.11 Å². The van der Waals surface area contributed by atoms with E-state index in [-0.39, 0.29) is 19.4 Å². The average Bonchev–Trinajstić information content (AvgIpc) is 3.22. The average molecular weight is 575 g/mol. The summed E-state index contributed by atoms with van der Waals surface area (Å²) in [4.78, 5) is 41.3. The van der Waals surface area contributed by atoms with E-state index in [9.17, 15) is 29.0 Å². The van der Waals surface area contributed by atoms with Gasteiger partial charge in [-0.2, -0.15) is 0 Å². The van der Waals surface area contributed by atoms with E-state index in [1.54, 1.807) is 62.4 Å². The topological polar surface area (TPSA) is 127 Å². The van der Waals surface area contributed by atoms with Crippen molar-refractivity contribution in [2.24, 2.45) is 11.3 Å². The standard InChI is InChI=1S/C33H35FN2O6/c1-21(2)33(31(41)35-25-11-7-4-8-12-25)29(22-9-5-3-6-10-22)30(23-13-15-24(34)16-14-23)36(32(33)42)20-27(38)18-17-26(37)19-28(39)40/h3-16,21,26-27,37-38H,17-20H2,1-2H3,(H,35,41)(H,39,40). The summed E-state index contributed by atoms with van der Waals surface area (Å²) in [5.74, 6) is -3.26. The number of aliphatic hydroxyl groups excluding tert-OH is 2. The second-order valence-corrected chi connectivity index (χ2v) is 10.8. The van der Waals surface area contributed by atoms with E-state index < -0.39 is 53.6 Å². The highest BCUT2D eigenvalue weighted by molar-refractivity contribution is 6.28. The maximum Gasteiger partial charge on any atom is 0.305 e. The first kappa shape index (κ1) is 30.6. The lowest BCUT2D eigenvalue weighted by Crippen LogP contribution is -2.50. The number of nitrogens with zero attached hydrogens (tertiary/aromatic N) is 1. The summed E-state index contributed by atoms with van der Waals surface area (Å²) >= 11 is 0. The molecular formula is C33H35FN2O6. The van der Waals surface area contributed by atoms with Gasteiger partial charge >= 0.3 is 5.97 Å². The number of aliphatic hydroxyl groups is 2. The molecule has 3 aromatic carbocycles. The maximum atomic E-state index is 14.7. The van der Waals surface area contributed by atoms with Crippen molar-refractivity contribution in [2.45, 2.75) is 45.3 Å². The first-order valence-electron chi connectivity index (χ1n) is 13.9. The van der Waals surface area contributed by atoms with Gasteiger partial charge in [0.05, 0.1) is 30.9 Å². The van der Waals surface area contributed by atoms with Gasteiger partial charge in [0.2, 0.25) is 11.8 Å². The molecule has 9 heteroatoms. The molecule has 1 aliphatic rings. The minimum Gasteiger partial charge on any atom is -0.481 e. The highest BCUT2D eigenvalue weighted by Crippen LogP contribution is 2.54. The molecule has 220 valence electrons. The number of carbonyl (C=O) groups is 3. The molecule has 4 rings (SSSR count). The summed E-state index contributed by atoms with van der Waals surface area (Å²) in [7, 11) is 0. The van der Waals surface area contributed by atoms with E-state index in [1.807, 2.05) is 12.1 Å². The van der Waals surface area contributed by atoms with Gasteiger partial charge in [0, 0.05) is 11.3 Å². The van der Waals surface area contributed by atoms with Gasteiger partial charge in [0.25, 0.3) is 0 Å². The van der Waals surface area contributed by atoms with Crippen molar-refractivity contribution in [3.05, 3.63) is 102 Å². The van der Waals surface area contributed by atoms with Crippen molar-refractivity contribution >= 4 is 34.7 Å². The molecule has 42 heavy (non-hydrogen) atoms. The number of β-amino-alcohol motifs (C(OH)–C–C–N with tert-alkyl or cyclic N) is 1. The van der Waals surface area contributed by atoms with Gasteiger partial charge in [-0.15, -0.1) is 0 Å². The molecule has 2 amide bonds. The first-order chi connectivity index (χ1) is 20.0. The maximum absolute atomic E-state index is 14.7. The fraction of sp³-hybridized carbons (Fsp3) is 0.303. The van der Waals surface area contributed by atoms with Gasteiger partial charge in [-0.05, 0) is 66.3 Å². The zero-order valence-electron chi connectivity index (χ0n) is 23.5. The third-order valence-corrected chi connectivity index (χ3v) is 7.56. The molecule has 0 saturated heterocycles. The number of carbonyl (C=O) groups excluding carboxylic acids is 2. The first-order valence-corrected chi connectivity index (χ1v) is 13.9. The Labute approximate surface area is 244 Å². The summed E-state index contributed by atoms with van der Waals surface area (Å²) in [5.41, 5.74) is 0.697. The van der Waals surface area contributed by atoms with Gasteiger partial charge in [0.15, 0.2) is 5.41 Å². The minimum atomic E-state index is -1.72. The Morgan fingerprint density at radius 1 is 0.857 bits per heavy atom. The van der Waals surface area contributed by atoms with Crippen molar-refractivity contribution in [2.75, 3.05) is 11.9 Å². The van der Waals surface area contributed by atoms with Gasteiger partial charge in [0.1, 0.15) is 5.82 Å². The molecular weight excluding hydrogens is 539 g/mol. The molecule has 1 heterocycles. The number of hydrogen-bond donors (Lipinski definition) is 4. The molecule has 8 nitrogen and oxygen atoms in total. The molecule has 3 aromatic rings. The molecule has 1 aliphatic heterocycles. The quantitative estimate of drug-likeness (QED) is 0.230. The Morgan fingerprint density at radius 2 is 1.43 bits per heavy atom. The summed E-state index contributed by atoms with van der Waals surface area (Å²) in [6.45, 7) is 3.35. The fourth-order valence-corrected chi connectivity index (χ4v) is 5.54. The van der Waals surface area contributed by atoms with Gasteiger partial charge in [-0.25, -0.2) is 4.39 Å². The van der Waals surface area contributed by atoms with E-state index in [0.29, 0.717) is 28.1 Å². The van der Waals surface area contributed by atoms with Crippen LogP contribution in [0.3, 0.4) is 0 Å². The molecule has 0 fully saturated rings. The summed E-state index contributed by atoms with van der Waals surface area (Å²) in [6, 6.07) is 23.4. The largest absolute Gasteiger partial charge is 0.481 e. The number of hydrogen-bond acceptors (Lipinski definition) is 5. The minimum absolute atomic E-state index is 0.000449. The van der Waals surface area contributed by atoms with Crippen LogP contribution in [0.25, 0.3) is 11.3 Å². The van der Waals surface area contributed by atoms with Crippen molar-refractivity contribution in [3.63, 3.8) is 0 Å². The third kappa shape index (κ3) is 6.27. The van der Waals surface area contributed by atoms with Crippen molar-refractivity contribution < 1.29 is 34.1 Å². The molecule has 3 atom stereocenters. The molecule has 0 spiro atoms. The molecule has 0 bridgehead atoms. The Kier molecular flexibility index (Phi) is 9.55. The second-order valence-electron chi connectivity index (χ2n) is 10.8. The Bertz CT molecular complexity index is 1440. The summed E-state index contributed by atoms with van der Waals surface area (Å²) < 4.78 is 14.0. The molecule has 0 aromatic heterocycles. The van der Waals surface area contributed by atoms with Crippen molar-refractivity contribution in [3.8, 4) is 0 Å². The smallest absolute Gasteiger partial charge is 0.305 e. The van der Waals surface area contributed by atoms with Crippen LogP contribution < -0.4 is 5.32 Å². The predicted octanol–water partition coefficient (Wildman–Crippen LogP) is 4.79. The predicted molar refractivity (Wildman–Crippen MR) is 157 cm³/mol. The number of rotatable bonds is 12. The van der Waals surface area contributed by atoms with Crippen LogP contribution in [-0.2, 0) is 14.4 Å². The number of para-hydroxylation sites is 1. The highest BCUT2D eigenvalue weighted by atomic mass is 19.1. The number of benzene rings is 3. The number of halogens is 1. The Balaban J connectivity index is 1.88. The number of aliphatic carboxylic acids is 1. The lowest BCUT2D eigenvalue weighted by Gasteiger charge is -2.34. The van der Waals surface area contributed by atoms with Gasteiger partial charge in [-0.1, -0.05) is 62.4 Å². The lowest BCUT2D eigenvalue weighted by molar-refractivity contribution is -0.144. The second kappa shape index (κ2) is 13.1. The van der Waals surface area contributed by atoms with Gasteiger partial charge in [-0.3, -0.25) is 14.4 Å². The van der Waals surface area contributed by atoms with Crippen LogP contribution in [0.5, 0.6) is 0 Å². The van der Waals surface area contributed by atoms with Crippen molar-refractivity contribution in [1.29, 1.82) is 0 Å². The Morgan fingerprint density at radius 3 is 2.00 bits per heavy atom. The zero-order chi connectivity index (χ0) is 30.4. The molecule has 0 saturated carbocycles. The molecule has 3 unspecified atom stereocenters. The molecule has 0 aliphatic carbocycles.